The third-order valence-corrected chi connectivity index (χ3v) is 6.76. The van der Waals surface area contributed by atoms with E-state index in [0.717, 1.165) is 29.7 Å². The summed E-state index contributed by atoms with van der Waals surface area (Å²) in [7, 11) is 0. The zero-order chi connectivity index (χ0) is 26.4. The quantitative estimate of drug-likeness (QED) is 0.272. The molecule has 192 valence electrons. The second kappa shape index (κ2) is 9.46. The Balaban J connectivity index is 1.62. The monoisotopic (exact) mass is 519 g/mol. The average molecular weight is 519 g/mol. The minimum atomic E-state index is -1.39. The van der Waals surface area contributed by atoms with E-state index in [1.165, 1.54) is 12.1 Å². The van der Waals surface area contributed by atoms with Crippen molar-refractivity contribution in [3.63, 3.8) is 0 Å². The summed E-state index contributed by atoms with van der Waals surface area (Å²) in [5.41, 5.74) is 1.91. The molecule has 0 radical (unpaired) electrons. The van der Waals surface area contributed by atoms with Gasteiger partial charge >= 0.3 is 5.97 Å². The lowest BCUT2D eigenvalue weighted by Crippen LogP contribution is -2.16. The maximum absolute atomic E-state index is 14.4. The predicted molar refractivity (Wildman–Crippen MR) is 133 cm³/mol. The Morgan fingerprint density at radius 2 is 1.79 bits per heavy atom. The topological polar surface area (TPSA) is 97.3 Å². The molecule has 3 heterocycles. The molecule has 1 fully saturated rings. The number of nitrogens with zero attached hydrogens (tertiary/aromatic N) is 2. The number of H-pyrrole nitrogens is 1. The fourth-order valence-corrected chi connectivity index (χ4v) is 4.88. The molecule has 1 saturated heterocycles. The summed E-state index contributed by atoms with van der Waals surface area (Å²) in [6, 6.07) is 10.9. The van der Waals surface area contributed by atoms with Crippen LogP contribution in [-0.2, 0) is 4.74 Å². The molecule has 2 aromatic heterocycles. The number of ether oxygens (including phenoxy) is 2. The van der Waals surface area contributed by atoms with Crippen LogP contribution in [0.2, 0.25) is 0 Å². The minimum Gasteiger partial charge on any atom is -0.478 e. The molecule has 0 amide bonds. The highest BCUT2D eigenvalue weighted by Crippen LogP contribution is 2.43. The fourth-order valence-electron chi connectivity index (χ4n) is 4.88. The van der Waals surface area contributed by atoms with Crippen molar-refractivity contribution in [1.29, 1.82) is 0 Å². The highest BCUT2D eigenvalue weighted by Gasteiger charge is 2.26. The van der Waals surface area contributed by atoms with Gasteiger partial charge in [0.1, 0.15) is 11.6 Å². The number of halogens is 3. The molecule has 0 bridgehead atoms. The third-order valence-electron chi connectivity index (χ3n) is 6.76. The number of aromatic nitrogens is 3. The molecule has 0 aliphatic carbocycles. The van der Waals surface area contributed by atoms with Crippen molar-refractivity contribution < 1.29 is 32.5 Å². The van der Waals surface area contributed by atoms with Crippen molar-refractivity contribution in [1.82, 2.24) is 15.2 Å². The lowest BCUT2D eigenvalue weighted by atomic mass is 9.87. The van der Waals surface area contributed by atoms with Gasteiger partial charge in [-0.05, 0) is 60.2 Å². The number of nitrogens with one attached hydrogen (secondary N) is 1. The third kappa shape index (κ3) is 4.22. The number of fused-ring (bicyclic) bond motifs is 2. The molecule has 1 aliphatic rings. The summed E-state index contributed by atoms with van der Waals surface area (Å²) in [4.78, 5) is 16.1. The first kappa shape index (κ1) is 23.9. The van der Waals surface area contributed by atoms with E-state index in [1.807, 2.05) is 6.07 Å². The SMILES string of the molecule is O=C(O)c1ccc(Oc2nc(C3CCOCC3)c(-c3ccc(F)c(F)c3)c3cc4cn[nH]c4cc23)cc1F. The van der Waals surface area contributed by atoms with Crippen molar-refractivity contribution in [2.24, 2.45) is 0 Å². The molecule has 5 aromatic rings. The van der Waals surface area contributed by atoms with Crippen molar-refractivity contribution in [2.45, 2.75) is 18.8 Å². The van der Waals surface area contributed by atoms with Gasteiger partial charge in [-0.15, -0.1) is 0 Å². The summed E-state index contributed by atoms with van der Waals surface area (Å²) in [6.07, 6.45) is 2.97. The molecule has 6 rings (SSSR count). The van der Waals surface area contributed by atoms with Crippen LogP contribution in [0, 0.1) is 17.5 Å². The number of hydrogen-bond donors (Lipinski definition) is 2. The average Bonchev–Trinajstić information content (AvgIpc) is 3.37. The van der Waals surface area contributed by atoms with E-state index in [-0.39, 0.29) is 17.5 Å². The van der Waals surface area contributed by atoms with Crippen molar-refractivity contribution in [2.75, 3.05) is 13.2 Å². The lowest BCUT2D eigenvalue weighted by molar-refractivity contribution is 0.0691. The summed E-state index contributed by atoms with van der Waals surface area (Å²) in [6.45, 7) is 1.03. The molecule has 0 spiro atoms. The molecular weight excluding hydrogens is 499 g/mol. The minimum absolute atomic E-state index is 0.0597. The van der Waals surface area contributed by atoms with E-state index >= 15 is 0 Å². The summed E-state index contributed by atoms with van der Waals surface area (Å²) >= 11 is 0. The van der Waals surface area contributed by atoms with Crippen LogP contribution in [0.25, 0.3) is 32.8 Å². The highest BCUT2D eigenvalue weighted by molar-refractivity contribution is 6.06. The molecule has 7 nitrogen and oxygen atoms in total. The second-order valence-corrected chi connectivity index (χ2v) is 9.10. The zero-order valence-corrected chi connectivity index (χ0v) is 19.8. The molecule has 0 saturated carbocycles. The number of aromatic amines is 1. The van der Waals surface area contributed by atoms with Crippen LogP contribution in [0.5, 0.6) is 11.6 Å². The number of carboxylic acid groups (broad SMARTS) is 1. The second-order valence-electron chi connectivity index (χ2n) is 9.10. The van der Waals surface area contributed by atoms with Gasteiger partial charge in [0.2, 0.25) is 5.88 Å². The van der Waals surface area contributed by atoms with Crippen LogP contribution in [0.15, 0.2) is 54.7 Å². The Kier molecular flexibility index (Phi) is 5.96. The van der Waals surface area contributed by atoms with Gasteiger partial charge in [-0.25, -0.2) is 22.9 Å². The molecule has 10 heteroatoms. The van der Waals surface area contributed by atoms with E-state index < -0.39 is 29.0 Å². The van der Waals surface area contributed by atoms with Crippen LogP contribution in [0.1, 0.15) is 34.8 Å². The number of hydrogen-bond acceptors (Lipinski definition) is 5. The number of carboxylic acids is 1. The highest BCUT2D eigenvalue weighted by atomic mass is 19.2. The number of benzene rings is 3. The Morgan fingerprint density at radius 1 is 0.974 bits per heavy atom. The van der Waals surface area contributed by atoms with Gasteiger partial charge in [-0.2, -0.15) is 5.10 Å². The van der Waals surface area contributed by atoms with Crippen molar-refractivity contribution in [3.8, 4) is 22.8 Å². The van der Waals surface area contributed by atoms with E-state index in [1.54, 1.807) is 12.3 Å². The van der Waals surface area contributed by atoms with Crippen LogP contribution in [0.4, 0.5) is 13.2 Å². The molecule has 3 aromatic carbocycles. The molecule has 38 heavy (non-hydrogen) atoms. The number of pyridine rings is 1. The van der Waals surface area contributed by atoms with Gasteiger partial charge in [0.15, 0.2) is 11.6 Å². The standard InChI is InChI=1S/C28H20F3N3O4/c29-21-4-1-15(10-23(21)31)25-19-9-16-13-32-34-24(16)12-20(19)27(33-26(25)14-5-7-37-8-6-14)38-17-2-3-18(28(35)36)22(30)11-17/h1-4,9-14H,5-8H2,(H,32,34)(H,35,36). The maximum Gasteiger partial charge on any atom is 0.338 e. The molecule has 1 aliphatic heterocycles. The first-order valence-electron chi connectivity index (χ1n) is 11.9. The van der Waals surface area contributed by atoms with E-state index in [9.17, 15) is 18.0 Å². The molecule has 0 unspecified atom stereocenters. The smallest absolute Gasteiger partial charge is 0.338 e. The largest absolute Gasteiger partial charge is 0.478 e. The summed E-state index contributed by atoms with van der Waals surface area (Å²) in [5, 5.41) is 18.1. The first-order chi connectivity index (χ1) is 18.4. The van der Waals surface area contributed by atoms with Crippen LogP contribution in [-0.4, -0.2) is 39.5 Å². The fraction of sp³-hybridized carbons (Fsp3) is 0.179. The van der Waals surface area contributed by atoms with E-state index in [0.29, 0.717) is 59.2 Å². The van der Waals surface area contributed by atoms with Crippen LogP contribution in [0.3, 0.4) is 0 Å². The summed E-state index contributed by atoms with van der Waals surface area (Å²) in [5.74, 6) is -4.12. The van der Waals surface area contributed by atoms with E-state index in [2.05, 4.69) is 10.2 Å². The Bertz CT molecular complexity index is 1710. The van der Waals surface area contributed by atoms with Gasteiger partial charge in [-0.3, -0.25) is 5.10 Å². The lowest BCUT2D eigenvalue weighted by Gasteiger charge is -2.26. The predicted octanol–water partition coefficient (Wildman–Crippen LogP) is 6.58. The molecule has 2 N–H and O–H groups in total. The van der Waals surface area contributed by atoms with Gasteiger partial charge < -0.3 is 14.6 Å². The van der Waals surface area contributed by atoms with Crippen LogP contribution >= 0.6 is 0 Å². The molecule has 0 atom stereocenters. The Morgan fingerprint density at radius 3 is 2.53 bits per heavy atom. The normalized spacial score (nSPS) is 14.3. The zero-order valence-electron chi connectivity index (χ0n) is 19.8. The van der Waals surface area contributed by atoms with Gasteiger partial charge in [-0.1, -0.05) is 6.07 Å². The Hall–Kier alpha value is -4.44. The number of aromatic carboxylic acids is 1. The van der Waals surface area contributed by atoms with Gasteiger partial charge in [0.05, 0.1) is 23.0 Å². The van der Waals surface area contributed by atoms with Crippen molar-refractivity contribution >= 4 is 27.6 Å². The van der Waals surface area contributed by atoms with E-state index in [4.69, 9.17) is 19.6 Å². The van der Waals surface area contributed by atoms with Crippen LogP contribution < -0.4 is 4.74 Å². The number of rotatable bonds is 5. The van der Waals surface area contributed by atoms with Gasteiger partial charge in [0.25, 0.3) is 0 Å². The first-order valence-corrected chi connectivity index (χ1v) is 11.9. The molecular formula is C28H20F3N3O4. The summed E-state index contributed by atoms with van der Waals surface area (Å²) < 4.78 is 54.3. The van der Waals surface area contributed by atoms with Gasteiger partial charge in [0, 0.05) is 41.5 Å². The Labute approximate surface area is 213 Å². The maximum atomic E-state index is 14.4. The number of carbonyl (C=O) groups is 1. The van der Waals surface area contributed by atoms with Crippen molar-refractivity contribution in [3.05, 3.63) is 83.4 Å².